The molecule has 1 unspecified atom stereocenters. The zero-order chi connectivity index (χ0) is 20.2. The molecule has 0 spiro atoms. The molecule has 4 rings (SSSR count). The van der Waals surface area contributed by atoms with E-state index in [2.05, 4.69) is 47.2 Å². The number of hydrogen-bond acceptors (Lipinski definition) is 5. The van der Waals surface area contributed by atoms with Crippen LogP contribution in [-0.2, 0) is 11.2 Å². The first kappa shape index (κ1) is 19.3. The molecule has 1 amide bonds. The van der Waals surface area contributed by atoms with Crippen LogP contribution in [0.5, 0.6) is 0 Å². The molecule has 1 atom stereocenters. The lowest BCUT2D eigenvalue weighted by Gasteiger charge is -2.25. The molecular formula is C23H26N4O2. The van der Waals surface area contributed by atoms with Crippen LogP contribution in [-0.4, -0.2) is 32.5 Å². The smallest absolute Gasteiger partial charge is 0.227 e. The highest BCUT2D eigenvalue weighted by Gasteiger charge is 2.29. The van der Waals surface area contributed by atoms with E-state index in [1.807, 2.05) is 23.1 Å². The number of nitrogens with zero attached hydrogens (tertiary/aromatic N) is 4. The molecule has 0 aliphatic carbocycles. The van der Waals surface area contributed by atoms with E-state index in [1.54, 1.807) is 6.20 Å². The quantitative estimate of drug-likeness (QED) is 0.622. The Morgan fingerprint density at radius 2 is 2.10 bits per heavy atom. The molecule has 1 fully saturated rings. The number of likely N-dealkylation sites (tertiary alicyclic amines) is 1. The molecule has 3 heterocycles. The minimum atomic E-state index is 0.195. The molecule has 6 heteroatoms. The Labute approximate surface area is 171 Å². The van der Waals surface area contributed by atoms with Gasteiger partial charge in [-0.3, -0.25) is 9.78 Å². The van der Waals surface area contributed by atoms with Crippen molar-refractivity contribution in [3.05, 3.63) is 65.2 Å². The lowest BCUT2D eigenvalue weighted by atomic mass is 9.99. The van der Waals surface area contributed by atoms with E-state index < -0.39 is 0 Å². The number of hydrogen-bond donors (Lipinski definition) is 0. The van der Waals surface area contributed by atoms with Gasteiger partial charge >= 0.3 is 0 Å². The Hall–Kier alpha value is -3.02. The summed E-state index contributed by atoms with van der Waals surface area (Å²) in [6.07, 6.45) is 5.56. The van der Waals surface area contributed by atoms with E-state index in [-0.39, 0.29) is 11.9 Å². The summed E-state index contributed by atoms with van der Waals surface area (Å²) in [5.41, 5.74) is 4.50. The van der Waals surface area contributed by atoms with E-state index in [0.717, 1.165) is 19.4 Å². The van der Waals surface area contributed by atoms with Crippen molar-refractivity contribution < 1.29 is 9.32 Å². The maximum absolute atomic E-state index is 12.8. The van der Waals surface area contributed by atoms with Gasteiger partial charge in [0.2, 0.25) is 17.6 Å². The number of aryl methyl sites for hydroxylation is 3. The van der Waals surface area contributed by atoms with E-state index in [1.165, 1.54) is 16.7 Å². The Kier molecular flexibility index (Phi) is 5.69. The van der Waals surface area contributed by atoms with E-state index in [4.69, 9.17) is 4.52 Å². The van der Waals surface area contributed by atoms with Crippen molar-refractivity contribution in [3.63, 3.8) is 0 Å². The van der Waals surface area contributed by atoms with Crippen LogP contribution >= 0.6 is 0 Å². The van der Waals surface area contributed by atoms with Crippen LogP contribution in [0.3, 0.4) is 0 Å². The third-order valence-electron chi connectivity index (χ3n) is 5.63. The zero-order valence-corrected chi connectivity index (χ0v) is 17.0. The van der Waals surface area contributed by atoms with Crippen molar-refractivity contribution in [2.45, 2.75) is 52.0 Å². The molecule has 6 nitrogen and oxygen atoms in total. The molecule has 0 bridgehead atoms. The molecule has 2 aromatic heterocycles. The third kappa shape index (κ3) is 4.36. The van der Waals surface area contributed by atoms with Gasteiger partial charge in [-0.15, -0.1) is 0 Å². The lowest BCUT2D eigenvalue weighted by molar-refractivity contribution is -0.132. The summed E-state index contributed by atoms with van der Waals surface area (Å²) in [4.78, 5) is 23.5. The zero-order valence-electron chi connectivity index (χ0n) is 17.0. The summed E-state index contributed by atoms with van der Waals surface area (Å²) in [5, 5.41) is 3.98. The van der Waals surface area contributed by atoms with Gasteiger partial charge < -0.3 is 9.42 Å². The van der Waals surface area contributed by atoms with Crippen molar-refractivity contribution in [1.29, 1.82) is 0 Å². The topological polar surface area (TPSA) is 72.1 Å². The Balaban J connectivity index is 1.33. The molecule has 1 aromatic carbocycles. The van der Waals surface area contributed by atoms with Crippen LogP contribution < -0.4 is 0 Å². The molecule has 1 aliphatic rings. The van der Waals surface area contributed by atoms with Gasteiger partial charge in [0.05, 0.1) is 6.04 Å². The van der Waals surface area contributed by atoms with Gasteiger partial charge in [0.1, 0.15) is 5.69 Å². The van der Waals surface area contributed by atoms with Gasteiger partial charge in [0.15, 0.2) is 0 Å². The van der Waals surface area contributed by atoms with Crippen LogP contribution in [0.25, 0.3) is 11.5 Å². The number of pyridine rings is 1. The van der Waals surface area contributed by atoms with E-state index >= 15 is 0 Å². The van der Waals surface area contributed by atoms with Gasteiger partial charge in [-0.1, -0.05) is 29.4 Å². The van der Waals surface area contributed by atoms with Gasteiger partial charge in [-0.05, 0) is 61.9 Å². The van der Waals surface area contributed by atoms with Gasteiger partial charge in [0, 0.05) is 25.6 Å². The predicted octanol–water partition coefficient (Wildman–Crippen LogP) is 4.43. The Morgan fingerprint density at radius 1 is 1.21 bits per heavy atom. The van der Waals surface area contributed by atoms with Gasteiger partial charge in [-0.2, -0.15) is 4.98 Å². The van der Waals surface area contributed by atoms with Crippen molar-refractivity contribution >= 4 is 5.91 Å². The first-order valence-electron chi connectivity index (χ1n) is 10.2. The van der Waals surface area contributed by atoms with Gasteiger partial charge in [-0.25, -0.2) is 0 Å². The number of rotatable bonds is 6. The molecule has 150 valence electrons. The summed E-state index contributed by atoms with van der Waals surface area (Å²) in [6.45, 7) is 5.08. The SMILES string of the molecule is Cc1ccc(C2CCCN2C(=O)CCCc2nc(-c3ccccn3)no2)cc1C. The summed E-state index contributed by atoms with van der Waals surface area (Å²) < 4.78 is 5.32. The van der Waals surface area contributed by atoms with Crippen molar-refractivity contribution in [2.75, 3.05) is 6.54 Å². The first-order chi connectivity index (χ1) is 14.1. The fraction of sp³-hybridized carbons (Fsp3) is 0.391. The molecule has 0 N–H and O–H groups in total. The monoisotopic (exact) mass is 390 g/mol. The molecule has 0 radical (unpaired) electrons. The van der Waals surface area contributed by atoms with Crippen LogP contribution in [0, 0.1) is 13.8 Å². The van der Waals surface area contributed by atoms with Crippen LogP contribution in [0.2, 0.25) is 0 Å². The summed E-state index contributed by atoms with van der Waals surface area (Å²) in [5.74, 6) is 1.24. The van der Waals surface area contributed by atoms with Crippen molar-refractivity contribution in [2.24, 2.45) is 0 Å². The summed E-state index contributed by atoms with van der Waals surface area (Å²) >= 11 is 0. The normalized spacial score (nSPS) is 16.3. The minimum Gasteiger partial charge on any atom is -0.339 e. The predicted molar refractivity (Wildman–Crippen MR) is 110 cm³/mol. The summed E-state index contributed by atoms with van der Waals surface area (Å²) in [6, 6.07) is 12.3. The maximum atomic E-state index is 12.8. The standard InChI is InChI=1S/C23H26N4O2/c1-16-11-12-18(15-17(16)2)20-8-6-14-27(20)22(28)10-5-9-21-25-23(26-29-21)19-7-3-4-13-24-19/h3-4,7,11-13,15,20H,5-6,8-10,14H2,1-2H3. The molecule has 1 saturated heterocycles. The fourth-order valence-electron chi connectivity index (χ4n) is 3.87. The second-order valence-corrected chi connectivity index (χ2v) is 7.67. The molecule has 29 heavy (non-hydrogen) atoms. The Morgan fingerprint density at radius 3 is 2.90 bits per heavy atom. The third-order valence-corrected chi connectivity index (χ3v) is 5.63. The minimum absolute atomic E-state index is 0.195. The first-order valence-corrected chi connectivity index (χ1v) is 10.2. The number of amides is 1. The van der Waals surface area contributed by atoms with Crippen LogP contribution in [0.15, 0.2) is 47.1 Å². The van der Waals surface area contributed by atoms with Crippen molar-refractivity contribution in [1.82, 2.24) is 20.0 Å². The largest absolute Gasteiger partial charge is 0.339 e. The number of aromatic nitrogens is 3. The molecular weight excluding hydrogens is 364 g/mol. The maximum Gasteiger partial charge on any atom is 0.227 e. The summed E-state index contributed by atoms with van der Waals surface area (Å²) in [7, 11) is 0. The second-order valence-electron chi connectivity index (χ2n) is 7.67. The van der Waals surface area contributed by atoms with Crippen molar-refractivity contribution in [3.8, 4) is 11.5 Å². The number of benzene rings is 1. The van der Waals surface area contributed by atoms with E-state index in [9.17, 15) is 4.79 Å². The van der Waals surface area contributed by atoms with E-state index in [0.29, 0.717) is 36.7 Å². The van der Waals surface area contributed by atoms with Crippen LogP contribution in [0.4, 0.5) is 0 Å². The molecule has 3 aromatic rings. The fourth-order valence-corrected chi connectivity index (χ4v) is 3.87. The molecule has 0 saturated carbocycles. The average Bonchev–Trinajstić information content (AvgIpc) is 3.40. The second kappa shape index (κ2) is 8.55. The van der Waals surface area contributed by atoms with Gasteiger partial charge in [0.25, 0.3) is 0 Å². The Bertz CT molecular complexity index is 984. The van der Waals surface area contributed by atoms with Crippen LogP contribution in [0.1, 0.15) is 54.3 Å². The number of carbonyl (C=O) groups is 1. The highest BCUT2D eigenvalue weighted by molar-refractivity contribution is 5.77. The highest BCUT2D eigenvalue weighted by atomic mass is 16.5. The lowest BCUT2D eigenvalue weighted by Crippen LogP contribution is -2.30. The highest BCUT2D eigenvalue weighted by Crippen LogP contribution is 2.33. The average molecular weight is 390 g/mol. The molecule has 1 aliphatic heterocycles. The number of carbonyl (C=O) groups excluding carboxylic acids is 1.